The van der Waals surface area contributed by atoms with Crippen LogP contribution in [0.3, 0.4) is 0 Å². The highest BCUT2D eigenvalue weighted by Gasteiger charge is 2.07. The highest BCUT2D eigenvalue weighted by atomic mass is 79.9. The van der Waals surface area contributed by atoms with E-state index in [0.717, 1.165) is 10.5 Å². The monoisotopic (exact) mass is 315 g/mol. The largest absolute Gasteiger partial charge is 0.353 e. The smallest absolute Gasteiger partial charge is 0.124 e. The first-order valence-corrected chi connectivity index (χ1v) is 6.09. The molecule has 0 aliphatic heterocycles. The molecular weight excluding hydrogens is 309 g/mol. The fourth-order valence-electron chi connectivity index (χ4n) is 1.58. The Morgan fingerprint density at radius 3 is 2.37 bits per heavy atom. The third-order valence-electron chi connectivity index (χ3n) is 2.47. The van der Waals surface area contributed by atoms with Crippen molar-refractivity contribution in [2.75, 3.05) is 5.32 Å². The second-order valence-corrected chi connectivity index (χ2v) is 4.64. The maximum Gasteiger partial charge on any atom is 0.124 e. The van der Waals surface area contributed by atoms with Gasteiger partial charge in [-0.05, 0) is 36.4 Å². The number of hydrogen-bond donors (Lipinski definition) is 1. The minimum Gasteiger partial charge on any atom is -0.353 e. The Labute approximate surface area is 118 Å². The number of halogens is 2. The zero-order valence-corrected chi connectivity index (χ0v) is 11.2. The molecule has 0 aliphatic carbocycles. The number of benzene rings is 2. The molecule has 0 atom stereocenters. The average Bonchev–Trinajstić information content (AvgIpc) is 2.41. The number of nitriles is 2. The molecule has 2 rings (SSSR count). The van der Waals surface area contributed by atoms with E-state index >= 15 is 0 Å². The minimum absolute atomic E-state index is 0.184. The maximum absolute atomic E-state index is 13.0. The Kier molecular flexibility index (Phi) is 3.79. The van der Waals surface area contributed by atoms with Crippen LogP contribution < -0.4 is 5.32 Å². The van der Waals surface area contributed by atoms with Crippen LogP contribution >= 0.6 is 15.9 Å². The topological polar surface area (TPSA) is 59.6 Å². The van der Waals surface area contributed by atoms with Crippen LogP contribution in [0, 0.1) is 28.5 Å². The van der Waals surface area contributed by atoms with Gasteiger partial charge >= 0.3 is 0 Å². The van der Waals surface area contributed by atoms with Crippen molar-refractivity contribution >= 4 is 27.3 Å². The fraction of sp³-hybridized carbons (Fsp3) is 0. The van der Waals surface area contributed by atoms with Gasteiger partial charge in [0, 0.05) is 4.47 Å². The molecule has 5 heteroatoms. The molecule has 1 N–H and O–H groups in total. The van der Waals surface area contributed by atoms with Crippen LogP contribution in [-0.4, -0.2) is 0 Å². The molecule has 0 amide bonds. The van der Waals surface area contributed by atoms with E-state index in [1.165, 1.54) is 12.1 Å². The van der Waals surface area contributed by atoms with Crippen molar-refractivity contribution in [1.82, 2.24) is 0 Å². The van der Waals surface area contributed by atoms with Crippen molar-refractivity contribution in [2.24, 2.45) is 0 Å². The van der Waals surface area contributed by atoms with E-state index in [0.29, 0.717) is 16.9 Å². The molecule has 0 spiro atoms. The number of hydrogen-bond acceptors (Lipinski definition) is 3. The summed E-state index contributed by atoms with van der Waals surface area (Å²) < 4.78 is 13.8. The van der Waals surface area contributed by atoms with Crippen LogP contribution in [0.2, 0.25) is 0 Å². The van der Waals surface area contributed by atoms with E-state index in [1.54, 1.807) is 18.2 Å². The first kappa shape index (κ1) is 13.1. The van der Waals surface area contributed by atoms with Gasteiger partial charge in [-0.1, -0.05) is 15.9 Å². The van der Waals surface area contributed by atoms with E-state index in [1.807, 2.05) is 6.07 Å². The van der Waals surface area contributed by atoms with E-state index in [4.69, 9.17) is 10.5 Å². The van der Waals surface area contributed by atoms with Crippen LogP contribution in [0.1, 0.15) is 11.1 Å². The molecule has 0 aliphatic rings. The van der Waals surface area contributed by atoms with E-state index in [9.17, 15) is 4.39 Å². The highest BCUT2D eigenvalue weighted by molar-refractivity contribution is 9.10. The average molecular weight is 316 g/mol. The summed E-state index contributed by atoms with van der Waals surface area (Å²) in [6.45, 7) is 0. The summed E-state index contributed by atoms with van der Waals surface area (Å²) in [5.41, 5.74) is 1.64. The Morgan fingerprint density at radius 2 is 1.68 bits per heavy atom. The van der Waals surface area contributed by atoms with Gasteiger partial charge in [0.2, 0.25) is 0 Å². The predicted molar refractivity (Wildman–Crippen MR) is 73.3 cm³/mol. The molecule has 0 fully saturated rings. The fourth-order valence-corrected chi connectivity index (χ4v) is 1.94. The molecule has 19 heavy (non-hydrogen) atoms. The molecular formula is C14H7BrFN3. The summed E-state index contributed by atoms with van der Waals surface area (Å²) in [7, 11) is 0. The molecule has 0 aromatic heterocycles. The Bertz CT molecular complexity index is 714. The highest BCUT2D eigenvalue weighted by Crippen LogP contribution is 2.26. The van der Waals surface area contributed by atoms with Crippen molar-refractivity contribution in [1.29, 1.82) is 10.5 Å². The van der Waals surface area contributed by atoms with Crippen LogP contribution in [0.25, 0.3) is 0 Å². The molecule has 0 unspecified atom stereocenters. The lowest BCUT2D eigenvalue weighted by molar-refractivity contribution is 0.627. The van der Waals surface area contributed by atoms with Gasteiger partial charge in [0.15, 0.2) is 0 Å². The van der Waals surface area contributed by atoms with Gasteiger partial charge < -0.3 is 5.32 Å². The number of rotatable bonds is 2. The normalized spacial score (nSPS) is 9.47. The molecule has 2 aromatic carbocycles. The van der Waals surface area contributed by atoms with Crippen LogP contribution in [0.15, 0.2) is 40.9 Å². The van der Waals surface area contributed by atoms with Gasteiger partial charge in [-0.25, -0.2) is 4.39 Å². The summed E-state index contributed by atoms with van der Waals surface area (Å²) >= 11 is 3.31. The van der Waals surface area contributed by atoms with Crippen LogP contribution in [0.5, 0.6) is 0 Å². The van der Waals surface area contributed by atoms with Crippen molar-refractivity contribution in [2.45, 2.75) is 0 Å². The maximum atomic E-state index is 13.0. The first-order chi connectivity index (χ1) is 9.13. The standard InChI is InChI=1S/C14H7BrFN3/c15-11-2-1-9(7-17)14(6-11)19-13-4-3-12(16)5-10(13)8-18/h1-6,19H. The minimum atomic E-state index is -0.475. The van der Waals surface area contributed by atoms with Gasteiger partial charge in [0.1, 0.15) is 18.0 Å². The summed E-state index contributed by atoms with van der Waals surface area (Å²) in [5, 5.41) is 21.0. The van der Waals surface area contributed by atoms with Crippen molar-refractivity contribution in [3.8, 4) is 12.1 Å². The zero-order chi connectivity index (χ0) is 13.8. The van der Waals surface area contributed by atoms with Crippen LogP contribution in [-0.2, 0) is 0 Å². The second kappa shape index (κ2) is 5.51. The number of anilines is 2. The Morgan fingerprint density at radius 1 is 0.947 bits per heavy atom. The van der Waals surface area contributed by atoms with E-state index in [2.05, 4.69) is 27.3 Å². The predicted octanol–water partition coefficient (Wildman–Crippen LogP) is 4.08. The van der Waals surface area contributed by atoms with Gasteiger partial charge in [0.05, 0.1) is 22.5 Å². The molecule has 0 saturated carbocycles. The van der Waals surface area contributed by atoms with E-state index < -0.39 is 5.82 Å². The summed E-state index contributed by atoms with van der Waals surface area (Å²) in [5.74, 6) is -0.475. The molecule has 0 heterocycles. The summed E-state index contributed by atoms with van der Waals surface area (Å²) in [6.07, 6.45) is 0. The van der Waals surface area contributed by atoms with Gasteiger partial charge in [-0.3, -0.25) is 0 Å². The summed E-state index contributed by atoms with van der Waals surface area (Å²) in [6, 6.07) is 13.0. The number of nitrogens with one attached hydrogen (secondary N) is 1. The molecule has 0 radical (unpaired) electrons. The third-order valence-corrected chi connectivity index (χ3v) is 2.97. The SMILES string of the molecule is N#Cc1cc(F)ccc1Nc1cc(Br)ccc1C#N. The molecule has 3 nitrogen and oxygen atoms in total. The van der Waals surface area contributed by atoms with Crippen molar-refractivity contribution < 1.29 is 4.39 Å². The van der Waals surface area contributed by atoms with Gasteiger partial charge in [-0.2, -0.15) is 10.5 Å². The first-order valence-electron chi connectivity index (χ1n) is 5.30. The molecule has 0 bridgehead atoms. The third kappa shape index (κ3) is 2.90. The number of nitrogens with zero attached hydrogens (tertiary/aromatic N) is 2. The van der Waals surface area contributed by atoms with Crippen LogP contribution in [0.4, 0.5) is 15.8 Å². The Hall–Kier alpha value is -2.37. The Balaban J connectivity index is 2.45. The summed E-state index contributed by atoms with van der Waals surface area (Å²) in [4.78, 5) is 0. The lowest BCUT2D eigenvalue weighted by Crippen LogP contribution is -1.97. The van der Waals surface area contributed by atoms with Crippen molar-refractivity contribution in [3.05, 3.63) is 57.8 Å². The zero-order valence-electron chi connectivity index (χ0n) is 9.61. The molecule has 2 aromatic rings. The quantitative estimate of drug-likeness (QED) is 0.908. The van der Waals surface area contributed by atoms with Gasteiger partial charge in [-0.15, -0.1) is 0 Å². The van der Waals surface area contributed by atoms with Gasteiger partial charge in [0.25, 0.3) is 0 Å². The van der Waals surface area contributed by atoms with Crippen molar-refractivity contribution in [3.63, 3.8) is 0 Å². The lowest BCUT2D eigenvalue weighted by Gasteiger charge is -2.10. The molecule has 92 valence electrons. The second-order valence-electron chi connectivity index (χ2n) is 3.73. The molecule has 0 saturated heterocycles. The van der Waals surface area contributed by atoms with E-state index in [-0.39, 0.29) is 5.56 Å². The lowest BCUT2D eigenvalue weighted by atomic mass is 10.1.